The molecule has 22 heavy (non-hydrogen) atoms. The maximum absolute atomic E-state index is 11.6. The maximum Gasteiger partial charge on any atom is 0.270 e. The fraction of sp³-hybridized carbons (Fsp3) is 0.250. The molecule has 0 unspecified atom stereocenters. The molecule has 0 spiro atoms. The minimum atomic E-state index is -4.06. The summed E-state index contributed by atoms with van der Waals surface area (Å²) < 4.78 is 23.1. The highest BCUT2D eigenvalue weighted by atomic mass is 32.2. The first-order valence-corrected chi connectivity index (χ1v) is 8.60. The van der Waals surface area contributed by atoms with Crippen LogP contribution in [0, 0.1) is 17.0 Å². The molecule has 0 aliphatic carbocycles. The molecule has 2 rings (SSSR count). The molecule has 1 aromatic carbocycles. The Bertz CT molecular complexity index is 801. The lowest BCUT2D eigenvalue weighted by atomic mass is 10.2. The van der Waals surface area contributed by atoms with Gasteiger partial charge in [0.15, 0.2) is 0 Å². The summed E-state index contributed by atoms with van der Waals surface area (Å²) in [7, 11) is -4.06. The fourth-order valence-electron chi connectivity index (χ4n) is 1.83. The first-order valence-electron chi connectivity index (χ1n) is 6.24. The van der Waals surface area contributed by atoms with Crippen molar-refractivity contribution >= 4 is 32.7 Å². The number of nitro groups is 1. The van der Waals surface area contributed by atoms with E-state index in [1.54, 1.807) is 17.5 Å². The van der Waals surface area contributed by atoms with Crippen LogP contribution in [0.1, 0.15) is 9.88 Å². The van der Waals surface area contributed by atoms with E-state index < -0.39 is 14.9 Å². The molecule has 0 amide bonds. The monoisotopic (exact) mass is 342 g/mol. The summed E-state index contributed by atoms with van der Waals surface area (Å²) in [6.45, 7) is 2.39. The summed E-state index contributed by atoms with van der Waals surface area (Å²) in [6, 6.07) is 3.51. The van der Waals surface area contributed by atoms with Gasteiger partial charge in [0.05, 0.1) is 15.6 Å². The molecule has 3 N–H and O–H groups in total. The Balaban J connectivity index is 2.17. The number of sulfonamides is 1. The number of nitrogens with two attached hydrogens (primary N) is 1. The van der Waals surface area contributed by atoms with Crippen molar-refractivity contribution in [1.82, 2.24) is 4.98 Å². The van der Waals surface area contributed by atoms with E-state index in [1.807, 2.05) is 6.92 Å². The van der Waals surface area contributed by atoms with E-state index in [0.717, 1.165) is 16.0 Å². The van der Waals surface area contributed by atoms with Gasteiger partial charge in [-0.25, -0.2) is 18.5 Å². The number of anilines is 1. The van der Waals surface area contributed by atoms with Gasteiger partial charge in [0.2, 0.25) is 10.0 Å². The van der Waals surface area contributed by atoms with E-state index in [4.69, 9.17) is 5.14 Å². The number of thiazole rings is 1. The second-order valence-corrected chi connectivity index (χ2v) is 7.37. The number of aryl methyl sites for hydroxylation is 1. The molecule has 2 aromatic rings. The molecule has 0 fully saturated rings. The van der Waals surface area contributed by atoms with E-state index in [9.17, 15) is 18.5 Å². The number of nitrogens with one attached hydrogen (secondary N) is 1. The van der Waals surface area contributed by atoms with E-state index in [0.29, 0.717) is 13.0 Å². The molecule has 8 nitrogen and oxygen atoms in total. The summed E-state index contributed by atoms with van der Waals surface area (Å²) in [4.78, 5) is 15.1. The van der Waals surface area contributed by atoms with Gasteiger partial charge in [-0.1, -0.05) is 0 Å². The second-order valence-electron chi connectivity index (χ2n) is 4.52. The van der Waals surface area contributed by atoms with Crippen molar-refractivity contribution in [3.05, 3.63) is 44.4 Å². The summed E-state index contributed by atoms with van der Waals surface area (Å²) in [6.07, 6.45) is 2.38. The number of primary sulfonamides is 1. The lowest BCUT2D eigenvalue weighted by Gasteiger charge is -2.09. The molecule has 0 aliphatic rings. The van der Waals surface area contributed by atoms with Gasteiger partial charge in [-0.3, -0.25) is 10.1 Å². The second kappa shape index (κ2) is 6.38. The molecule has 0 radical (unpaired) electrons. The maximum atomic E-state index is 11.6. The highest BCUT2D eigenvalue weighted by molar-refractivity contribution is 7.89. The molecule has 10 heteroatoms. The van der Waals surface area contributed by atoms with E-state index in [-0.39, 0.29) is 16.3 Å². The van der Waals surface area contributed by atoms with E-state index >= 15 is 0 Å². The Morgan fingerprint density at radius 1 is 1.45 bits per heavy atom. The molecular weight excluding hydrogens is 328 g/mol. The Morgan fingerprint density at radius 3 is 2.73 bits per heavy atom. The number of rotatable bonds is 6. The summed E-state index contributed by atoms with van der Waals surface area (Å²) in [5.74, 6) is 0. The lowest BCUT2D eigenvalue weighted by molar-refractivity contribution is -0.385. The zero-order valence-electron chi connectivity index (χ0n) is 11.6. The molecule has 0 bridgehead atoms. The van der Waals surface area contributed by atoms with Crippen LogP contribution in [0.15, 0.2) is 29.3 Å². The van der Waals surface area contributed by atoms with Crippen LogP contribution in [-0.2, 0) is 16.4 Å². The molecule has 1 heterocycles. The standard InChI is InChI=1S/C12H14N4O4S2/c1-8-7-15-12(21-8)4-5-14-10-3-2-9(16(17)18)6-11(10)22(13,19)20/h2-3,6-7,14H,4-5H2,1H3,(H2,13,19,20). The molecular formula is C12H14N4O4S2. The van der Waals surface area contributed by atoms with Crippen LogP contribution in [-0.4, -0.2) is 24.9 Å². The third-order valence-electron chi connectivity index (χ3n) is 2.81. The molecule has 1 aromatic heterocycles. The van der Waals surface area contributed by atoms with Crippen molar-refractivity contribution in [1.29, 1.82) is 0 Å². The van der Waals surface area contributed by atoms with Gasteiger partial charge in [0.25, 0.3) is 5.69 Å². The average molecular weight is 342 g/mol. The average Bonchev–Trinajstić information content (AvgIpc) is 2.83. The Kier molecular flexibility index (Phi) is 4.74. The van der Waals surface area contributed by atoms with Crippen LogP contribution in [0.3, 0.4) is 0 Å². The molecule has 0 aliphatic heterocycles. The van der Waals surface area contributed by atoms with Gasteiger partial charge in [-0.2, -0.15) is 0 Å². The number of nitrogens with zero attached hydrogens (tertiary/aromatic N) is 2. The smallest absolute Gasteiger partial charge is 0.270 e. The predicted molar refractivity (Wildman–Crippen MR) is 83.5 cm³/mol. The fourth-order valence-corrected chi connectivity index (χ4v) is 3.35. The first-order chi connectivity index (χ1) is 10.3. The van der Waals surface area contributed by atoms with Crippen LogP contribution in [0.5, 0.6) is 0 Å². The number of nitro benzene ring substituents is 1. The highest BCUT2D eigenvalue weighted by Gasteiger charge is 2.18. The molecule has 0 saturated carbocycles. The summed E-state index contributed by atoms with van der Waals surface area (Å²) in [5, 5.41) is 19.7. The van der Waals surface area contributed by atoms with Gasteiger partial charge >= 0.3 is 0 Å². The molecule has 118 valence electrons. The quantitative estimate of drug-likeness (QED) is 0.607. The third-order valence-corrected chi connectivity index (χ3v) is 4.73. The topological polar surface area (TPSA) is 128 Å². The molecule has 0 atom stereocenters. The highest BCUT2D eigenvalue weighted by Crippen LogP contribution is 2.25. The number of non-ortho nitro benzene ring substituents is 1. The van der Waals surface area contributed by atoms with Crippen LogP contribution in [0.2, 0.25) is 0 Å². The Morgan fingerprint density at radius 2 is 2.18 bits per heavy atom. The lowest BCUT2D eigenvalue weighted by Crippen LogP contribution is -2.16. The van der Waals surface area contributed by atoms with E-state index in [2.05, 4.69) is 10.3 Å². The SMILES string of the molecule is Cc1cnc(CCNc2ccc([N+](=O)[O-])cc2S(N)(=O)=O)s1. The Labute approximate surface area is 131 Å². The van der Waals surface area contributed by atoms with Gasteiger partial charge in [-0.15, -0.1) is 11.3 Å². The zero-order valence-corrected chi connectivity index (χ0v) is 13.3. The third kappa shape index (κ3) is 4.00. The molecule has 0 saturated heterocycles. The number of hydrogen-bond donors (Lipinski definition) is 2. The number of benzene rings is 1. The first kappa shape index (κ1) is 16.3. The van der Waals surface area contributed by atoms with Crippen molar-refractivity contribution in [2.24, 2.45) is 5.14 Å². The van der Waals surface area contributed by atoms with Gasteiger partial charge in [0, 0.05) is 36.2 Å². The van der Waals surface area contributed by atoms with Crippen molar-refractivity contribution in [2.45, 2.75) is 18.2 Å². The van der Waals surface area contributed by atoms with Crippen LogP contribution in [0.4, 0.5) is 11.4 Å². The van der Waals surface area contributed by atoms with Crippen molar-refractivity contribution in [3.8, 4) is 0 Å². The van der Waals surface area contributed by atoms with E-state index in [1.165, 1.54) is 12.1 Å². The minimum absolute atomic E-state index is 0.237. The number of hydrogen-bond acceptors (Lipinski definition) is 7. The summed E-state index contributed by atoms with van der Waals surface area (Å²) >= 11 is 1.56. The largest absolute Gasteiger partial charge is 0.384 e. The summed E-state index contributed by atoms with van der Waals surface area (Å²) in [5.41, 5.74) is -0.0912. The Hall–Kier alpha value is -2.04. The van der Waals surface area contributed by atoms with Gasteiger partial charge < -0.3 is 5.32 Å². The van der Waals surface area contributed by atoms with Crippen molar-refractivity contribution in [3.63, 3.8) is 0 Å². The van der Waals surface area contributed by atoms with Gasteiger partial charge in [0.1, 0.15) is 4.90 Å². The predicted octanol–water partition coefficient (Wildman–Crippen LogP) is 1.66. The van der Waals surface area contributed by atoms with Crippen LogP contribution in [0.25, 0.3) is 0 Å². The number of aromatic nitrogens is 1. The van der Waals surface area contributed by atoms with Crippen molar-refractivity contribution < 1.29 is 13.3 Å². The minimum Gasteiger partial charge on any atom is -0.384 e. The van der Waals surface area contributed by atoms with Crippen LogP contribution >= 0.6 is 11.3 Å². The zero-order chi connectivity index (χ0) is 16.3. The van der Waals surface area contributed by atoms with Gasteiger partial charge in [-0.05, 0) is 13.0 Å². The van der Waals surface area contributed by atoms with Crippen molar-refractivity contribution in [2.75, 3.05) is 11.9 Å². The normalized spacial score (nSPS) is 11.4. The van der Waals surface area contributed by atoms with Crippen LogP contribution < -0.4 is 10.5 Å².